The number of hydrogen-bond acceptors (Lipinski definition) is 5. The molecule has 30 heavy (non-hydrogen) atoms. The van der Waals surface area contributed by atoms with Gasteiger partial charge in [0.2, 0.25) is 11.1 Å². The van der Waals surface area contributed by atoms with Crippen LogP contribution in [0.15, 0.2) is 53.8 Å². The Hall–Kier alpha value is -2.84. The molecule has 0 spiro atoms. The maximum absolute atomic E-state index is 12.6. The van der Waals surface area contributed by atoms with Crippen LogP contribution in [0.3, 0.4) is 0 Å². The van der Waals surface area contributed by atoms with Crippen LogP contribution in [0.25, 0.3) is 16.6 Å². The summed E-state index contributed by atoms with van der Waals surface area (Å²) >= 11 is 7.44. The number of thioether (sulfide) groups is 1. The molecule has 0 radical (unpaired) electrons. The third-order valence-corrected chi connectivity index (χ3v) is 6.13. The molecule has 2 aromatic heterocycles. The molecule has 0 saturated heterocycles. The third kappa shape index (κ3) is 4.34. The molecule has 0 fully saturated rings. The number of H-pyrrole nitrogens is 1. The number of benzene rings is 2. The van der Waals surface area contributed by atoms with E-state index in [4.69, 9.17) is 11.6 Å². The minimum absolute atomic E-state index is 0.0581. The van der Waals surface area contributed by atoms with Gasteiger partial charge < -0.3 is 10.3 Å². The van der Waals surface area contributed by atoms with Gasteiger partial charge in [-0.05, 0) is 66.1 Å². The molecule has 0 aliphatic rings. The number of para-hydroxylation sites is 1. The SMILES string of the molecule is Cc1ccccc1-n1nnnc1SC(C)C(=O)NCCc1c[nH]c2ccc(Cl)cc12. The summed E-state index contributed by atoms with van der Waals surface area (Å²) in [6.07, 6.45) is 2.67. The van der Waals surface area contributed by atoms with Crippen molar-refractivity contribution in [3.8, 4) is 5.69 Å². The standard InChI is InChI=1S/C21H21ClN6OS/c1-13-5-3-4-6-19(13)28-21(25-26-27-28)30-14(2)20(29)23-10-9-15-12-24-18-8-7-16(22)11-17(15)18/h3-8,11-12,14,24H,9-10H2,1-2H3,(H,23,29). The molecule has 2 aromatic carbocycles. The fourth-order valence-electron chi connectivity index (χ4n) is 3.24. The highest BCUT2D eigenvalue weighted by Gasteiger charge is 2.19. The zero-order valence-corrected chi connectivity index (χ0v) is 18.2. The molecular weight excluding hydrogens is 420 g/mol. The number of hydrogen-bond donors (Lipinski definition) is 2. The zero-order valence-electron chi connectivity index (χ0n) is 16.6. The van der Waals surface area contributed by atoms with Gasteiger partial charge in [-0.3, -0.25) is 4.79 Å². The Labute approximate surface area is 183 Å². The summed E-state index contributed by atoms with van der Waals surface area (Å²) in [6, 6.07) is 13.6. The zero-order chi connectivity index (χ0) is 21.1. The lowest BCUT2D eigenvalue weighted by atomic mass is 10.1. The first kappa shape index (κ1) is 20.4. The number of aryl methyl sites for hydroxylation is 1. The molecule has 9 heteroatoms. The second-order valence-electron chi connectivity index (χ2n) is 6.96. The average molecular weight is 441 g/mol. The van der Waals surface area contributed by atoms with Gasteiger partial charge in [-0.25, -0.2) is 0 Å². The first-order valence-electron chi connectivity index (χ1n) is 9.57. The van der Waals surface area contributed by atoms with Crippen molar-refractivity contribution in [2.24, 2.45) is 0 Å². The number of amides is 1. The molecule has 2 heterocycles. The molecular formula is C21H21ClN6OS. The summed E-state index contributed by atoms with van der Waals surface area (Å²) in [6.45, 7) is 4.38. The molecule has 0 aliphatic carbocycles. The van der Waals surface area contributed by atoms with Crippen molar-refractivity contribution in [3.63, 3.8) is 0 Å². The normalized spacial score (nSPS) is 12.2. The summed E-state index contributed by atoms with van der Waals surface area (Å²) < 4.78 is 1.67. The van der Waals surface area contributed by atoms with Gasteiger partial charge >= 0.3 is 0 Å². The molecule has 2 N–H and O–H groups in total. The molecule has 1 atom stereocenters. The molecule has 1 amide bonds. The second kappa shape index (κ2) is 8.89. The van der Waals surface area contributed by atoms with E-state index in [2.05, 4.69) is 25.8 Å². The predicted octanol–water partition coefficient (Wildman–Crippen LogP) is 3.94. The fraction of sp³-hybridized carbons (Fsp3) is 0.238. The highest BCUT2D eigenvalue weighted by atomic mass is 35.5. The van der Waals surface area contributed by atoms with Crippen LogP contribution in [0, 0.1) is 6.92 Å². The first-order chi connectivity index (χ1) is 14.5. The summed E-state index contributed by atoms with van der Waals surface area (Å²) in [5, 5.41) is 17.0. The van der Waals surface area contributed by atoms with Crippen LogP contribution in [0.5, 0.6) is 0 Å². The molecule has 0 bridgehead atoms. The van der Waals surface area contributed by atoms with Gasteiger partial charge in [-0.15, -0.1) is 5.10 Å². The van der Waals surface area contributed by atoms with Crippen molar-refractivity contribution in [3.05, 3.63) is 64.8 Å². The van der Waals surface area contributed by atoms with Crippen LogP contribution in [0.1, 0.15) is 18.1 Å². The van der Waals surface area contributed by atoms with Crippen molar-refractivity contribution in [2.75, 3.05) is 6.54 Å². The quantitative estimate of drug-likeness (QED) is 0.425. The summed E-state index contributed by atoms with van der Waals surface area (Å²) in [4.78, 5) is 15.8. The molecule has 0 saturated carbocycles. The van der Waals surface area contributed by atoms with E-state index in [0.29, 0.717) is 23.1 Å². The van der Waals surface area contributed by atoms with E-state index in [0.717, 1.165) is 27.7 Å². The van der Waals surface area contributed by atoms with Crippen LogP contribution < -0.4 is 5.32 Å². The van der Waals surface area contributed by atoms with E-state index in [-0.39, 0.29) is 11.2 Å². The maximum atomic E-state index is 12.6. The van der Waals surface area contributed by atoms with E-state index in [1.165, 1.54) is 11.8 Å². The predicted molar refractivity (Wildman–Crippen MR) is 119 cm³/mol. The average Bonchev–Trinajstić information content (AvgIpc) is 3.35. The number of fused-ring (bicyclic) bond motifs is 1. The lowest BCUT2D eigenvalue weighted by Gasteiger charge is -2.12. The van der Waals surface area contributed by atoms with E-state index < -0.39 is 0 Å². The van der Waals surface area contributed by atoms with Crippen molar-refractivity contribution >= 4 is 40.2 Å². The molecule has 7 nitrogen and oxygen atoms in total. The summed E-state index contributed by atoms with van der Waals surface area (Å²) in [5.41, 5.74) is 4.11. The largest absolute Gasteiger partial charge is 0.361 e. The number of aromatic nitrogens is 5. The Bertz CT molecular complexity index is 1190. The van der Waals surface area contributed by atoms with Crippen LogP contribution in [0.2, 0.25) is 5.02 Å². The van der Waals surface area contributed by atoms with Crippen molar-refractivity contribution in [1.29, 1.82) is 0 Å². The number of carbonyl (C=O) groups excluding carboxylic acids is 1. The lowest BCUT2D eigenvalue weighted by molar-refractivity contribution is -0.120. The maximum Gasteiger partial charge on any atom is 0.233 e. The summed E-state index contributed by atoms with van der Waals surface area (Å²) in [5.74, 6) is -0.0581. The Morgan fingerprint density at radius 2 is 2.13 bits per heavy atom. The number of halogens is 1. The number of carbonyl (C=O) groups is 1. The topological polar surface area (TPSA) is 88.5 Å². The van der Waals surface area contributed by atoms with Gasteiger partial charge in [0.1, 0.15) is 0 Å². The Morgan fingerprint density at radius 3 is 2.97 bits per heavy atom. The van der Waals surface area contributed by atoms with E-state index >= 15 is 0 Å². The van der Waals surface area contributed by atoms with Crippen LogP contribution in [0.4, 0.5) is 0 Å². The van der Waals surface area contributed by atoms with Gasteiger partial charge in [0, 0.05) is 28.7 Å². The number of nitrogens with one attached hydrogen (secondary N) is 2. The van der Waals surface area contributed by atoms with Crippen LogP contribution in [-0.4, -0.2) is 42.9 Å². The summed E-state index contributed by atoms with van der Waals surface area (Å²) in [7, 11) is 0. The lowest BCUT2D eigenvalue weighted by Crippen LogP contribution is -2.32. The molecule has 4 aromatic rings. The molecule has 154 valence electrons. The Balaban J connectivity index is 1.36. The number of nitrogens with zero attached hydrogens (tertiary/aromatic N) is 4. The molecule has 4 rings (SSSR count). The minimum atomic E-state index is -0.337. The first-order valence-corrected chi connectivity index (χ1v) is 10.8. The third-order valence-electron chi connectivity index (χ3n) is 4.86. The van der Waals surface area contributed by atoms with Crippen molar-refractivity contribution in [2.45, 2.75) is 30.7 Å². The van der Waals surface area contributed by atoms with Gasteiger partial charge in [-0.1, -0.05) is 41.6 Å². The number of tetrazole rings is 1. The van der Waals surface area contributed by atoms with Gasteiger partial charge in [0.25, 0.3) is 0 Å². The Morgan fingerprint density at radius 1 is 1.30 bits per heavy atom. The fourth-order valence-corrected chi connectivity index (χ4v) is 4.23. The highest BCUT2D eigenvalue weighted by Crippen LogP contribution is 2.25. The number of aromatic amines is 1. The van der Waals surface area contributed by atoms with E-state index in [1.807, 2.05) is 62.5 Å². The van der Waals surface area contributed by atoms with Crippen LogP contribution in [-0.2, 0) is 11.2 Å². The van der Waals surface area contributed by atoms with E-state index in [9.17, 15) is 4.79 Å². The second-order valence-corrected chi connectivity index (χ2v) is 8.71. The van der Waals surface area contributed by atoms with Gasteiger partial charge in [0.15, 0.2) is 0 Å². The van der Waals surface area contributed by atoms with Crippen molar-refractivity contribution < 1.29 is 4.79 Å². The van der Waals surface area contributed by atoms with Gasteiger partial charge in [-0.2, -0.15) is 4.68 Å². The smallest absolute Gasteiger partial charge is 0.233 e. The monoisotopic (exact) mass is 440 g/mol. The molecule has 0 aliphatic heterocycles. The van der Waals surface area contributed by atoms with Gasteiger partial charge in [0.05, 0.1) is 10.9 Å². The van der Waals surface area contributed by atoms with E-state index in [1.54, 1.807) is 4.68 Å². The van der Waals surface area contributed by atoms with Crippen molar-refractivity contribution in [1.82, 2.24) is 30.5 Å². The van der Waals surface area contributed by atoms with Crippen LogP contribution >= 0.6 is 23.4 Å². The minimum Gasteiger partial charge on any atom is -0.361 e. The molecule has 1 unspecified atom stereocenters. The Kier molecular flexibility index (Phi) is 6.06. The number of rotatable bonds is 7. The highest BCUT2D eigenvalue weighted by molar-refractivity contribution is 8.00.